The molecule has 3 aromatic rings. The maximum absolute atomic E-state index is 10.9. The van der Waals surface area contributed by atoms with Crippen molar-refractivity contribution in [2.24, 2.45) is 0 Å². The van der Waals surface area contributed by atoms with Crippen molar-refractivity contribution in [2.45, 2.75) is 18.6 Å². The SMILES string of the molecule is O=[N+]([O-])c1ccc(CCN(C[C@@H](O)c2ccccc2)C(CO)c2ccccc2)cc1. The molecular weight excluding hydrogens is 380 g/mol. The van der Waals surface area contributed by atoms with Gasteiger partial charge in [0.25, 0.3) is 5.69 Å². The molecule has 0 amide bonds. The summed E-state index contributed by atoms with van der Waals surface area (Å²) < 4.78 is 0. The molecule has 0 bridgehead atoms. The lowest BCUT2D eigenvalue weighted by Gasteiger charge is -2.32. The van der Waals surface area contributed by atoms with Crippen molar-refractivity contribution in [1.29, 1.82) is 0 Å². The van der Waals surface area contributed by atoms with Crippen LogP contribution >= 0.6 is 0 Å². The van der Waals surface area contributed by atoms with Gasteiger partial charge in [0.15, 0.2) is 0 Å². The molecule has 2 atom stereocenters. The van der Waals surface area contributed by atoms with Crippen molar-refractivity contribution in [1.82, 2.24) is 4.90 Å². The van der Waals surface area contributed by atoms with Crippen molar-refractivity contribution in [2.75, 3.05) is 19.7 Å². The normalized spacial score (nSPS) is 13.2. The third-order valence-electron chi connectivity index (χ3n) is 5.22. The second-order valence-electron chi connectivity index (χ2n) is 7.20. The van der Waals surface area contributed by atoms with E-state index in [2.05, 4.69) is 4.90 Å². The molecule has 0 spiro atoms. The molecule has 0 aliphatic carbocycles. The van der Waals surface area contributed by atoms with Gasteiger partial charge in [0.2, 0.25) is 0 Å². The van der Waals surface area contributed by atoms with Gasteiger partial charge in [-0.1, -0.05) is 72.8 Å². The predicted octanol–water partition coefficient (Wildman–Crippen LogP) is 3.91. The Morgan fingerprint density at radius 1 is 0.867 bits per heavy atom. The summed E-state index contributed by atoms with van der Waals surface area (Å²) in [5, 5.41) is 31.8. The zero-order valence-corrected chi connectivity index (χ0v) is 16.7. The number of hydrogen-bond acceptors (Lipinski definition) is 5. The molecule has 6 nitrogen and oxygen atoms in total. The minimum Gasteiger partial charge on any atom is -0.394 e. The van der Waals surface area contributed by atoms with Crippen LogP contribution in [0.25, 0.3) is 0 Å². The first-order chi connectivity index (χ1) is 14.6. The number of nitro groups is 1. The Hall–Kier alpha value is -3.06. The van der Waals surface area contributed by atoms with Crippen molar-refractivity contribution in [3.63, 3.8) is 0 Å². The lowest BCUT2D eigenvalue weighted by molar-refractivity contribution is -0.384. The van der Waals surface area contributed by atoms with Gasteiger partial charge >= 0.3 is 0 Å². The number of rotatable bonds is 10. The molecule has 156 valence electrons. The average molecular weight is 406 g/mol. The standard InChI is InChI=1S/C24H26N2O4/c27-18-23(20-7-3-1-4-8-20)25(17-24(28)21-9-5-2-6-10-21)16-15-19-11-13-22(14-12-19)26(29)30/h1-14,23-24,27-28H,15-18H2/t23?,24-/m1/s1. The van der Waals surface area contributed by atoms with Gasteiger partial charge in [-0.3, -0.25) is 15.0 Å². The Balaban J connectivity index is 1.78. The van der Waals surface area contributed by atoms with Crippen molar-refractivity contribution >= 4 is 5.69 Å². The molecule has 2 N–H and O–H groups in total. The first-order valence-electron chi connectivity index (χ1n) is 9.94. The average Bonchev–Trinajstić information content (AvgIpc) is 2.79. The molecular formula is C24H26N2O4. The van der Waals surface area contributed by atoms with Crippen LogP contribution in [0.3, 0.4) is 0 Å². The number of nitrogens with zero attached hydrogens (tertiary/aromatic N) is 2. The van der Waals surface area contributed by atoms with Gasteiger partial charge in [-0.25, -0.2) is 0 Å². The van der Waals surface area contributed by atoms with Crippen LogP contribution in [-0.2, 0) is 6.42 Å². The molecule has 0 aliphatic rings. The van der Waals surface area contributed by atoms with E-state index in [1.54, 1.807) is 12.1 Å². The highest BCUT2D eigenvalue weighted by atomic mass is 16.6. The van der Waals surface area contributed by atoms with E-state index in [9.17, 15) is 20.3 Å². The van der Waals surface area contributed by atoms with Crippen LogP contribution in [0.5, 0.6) is 0 Å². The highest BCUT2D eigenvalue weighted by Gasteiger charge is 2.23. The molecule has 0 saturated heterocycles. The third-order valence-corrected chi connectivity index (χ3v) is 5.22. The number of benzene rings is 3. The largest absolute Gasteiger partial charge is 0.394 e. The van der Waals surface area contributed by atoms with E-state index < -0.39 is 11.0 Å². The molecule has 30 heavy (non-hydrogen) atoms. The zero-order chi connectivity index (χ0) is 21.3. The number of non-ortho nitro benzene ring substituents is 1. The van der Waals surface area contributed by atoms with Gasteiger partial charge in [0.1, 0.15) is 0 Å². The topological polar surface area (TPSA) is 86.8 Å². The summed E-state index contributed by atoms with van der Waals surface area (Å²) in [6.45, 7) is 0.866. The van der Waals surface area contributed by atoms with Crippen LogP contribution in [0.1, 0.15) is 28.8 Å². The Morgan fingerprint density at radius 3 is 1.97 bits per heavy atom. The summed E-state index contributed by atoms with van der Waals surface area (Å²) in [5.74, 6) is 0. The molecule has 0 aliphatic heterocycles. The smallest absolute Gasteiger partial charge is 0.269 e. The lowest BCUT2D eigenvalue weighted by Crippen LogP contribution is -2.36. The van der Waals surface area contributed by atoms with E-state index >= 15 is 0 Å². The lowest BCUT2D eigenvalue weighted by atomic mass is 10.0. The molecule has 0 saturated carbocycles. The van der Waals surface area contributed by atoms with Crippen molar-refractivity contribution in [3.05, 3.63) is 112 Å². The molecule has 3 aromatic carbocycles. The van der Waals surface area contributed by atoms with Gasteiger partial charge in [-0.2, -0.15) is 0 Å². The Morgan fingerprint density at radius 2 is 1.43 bits per heavy atom. The highest BCUT2D eigenvalue weighted by Crippen LogP contribution is 2.24. The molecule has 0 heterocycles. The zero-order valence-electron chi connectivity index (χ0n) is 16.7. The van der Waals surface area contributed by atoms with Gasteiger partial charge in [0, 0.05) is 25.2 Å². The van der Waals surface area contributed by atoms with E-state index in [4.69, 9.17) is 0 Å². The summed E-state index contributed by atoms with van der Waals surface area (Å²) in [4.78, 5) is 12.5. The van der Waals surface area contributed by atoms with Crippen LogP contribution in [0.4, 0.5) is 5.69 Å². The molecule has 0 aromatic heterocycles. The fourth-order valence-electron chi connectivity index (χ4n) is 3.54. The molecule has 3 rings (SSSR count). The number of aliphatic hydroxyl groups is 2. The van der Waals surface area contributed by atoms with Gasteiger partial charge in [-0.05, 0) is 23.1 Å². The molecule has 0 fully saturated rings. The number of hydrogen-bond donors (Lipinski definition) is 2. The van der Waals surface area contributed by atoms with E-state index in [0.717, 1.165) is 16.7 Å². The molecule has 1 unspecified atom stereocenters. The Kier molecular flexibility index (Phi) is 7.68. The van der Waals surface area contributed by atoms with Crippen LogP contribution in [-0.4, -0.2) is 39.7 Å². The summed E-state index contributed by atoms with van der Waals surface area (Å²) in [6.07, 6.45) is -0.0520. The second kappa shape index (κ2) is 10.6. The van der Waals surface area contributed by atoms with E-state index in [1.165, 1.54) is 12.1 Å². The van der Waals surface area contributed by atoms with Crippen LogP contribution < -0.4 is 0 Å². The van der Waals surface area contributed by atoms with Gasteiger partial charge in [0.05, 0.1) is 23.7 Å². The summed E-state index contributed by atoms with van der Waals surface area (Å²) in [7, 11) is 0. The fraction of sp³-hybridized carbons (Fsp3) is 0.250. The maximum Gasteiger partial charge on any atom is 0.269 e. The van der Waals surface area contributed by atoms with Crippen LogP contribution in [0, 0.1) is 10.1 Å². The van der Waals surface area contributed by atoms with E-state index in [-0.39, 0.29) is 18.3 Å². The molecule has 0 radical (unpaired) electrons. The number of nitro benzene ring substituents is 1. The van der Waals surface area contributed by atoms with Crippen LogP contribution in [0.2, 0.25) is 0 Å². The van der Waals surface area contributed by atoms with Gasteiger partial charge < -0.3 is 10.2 Å². The first-order valence-corrected chi connectivity index (χ1v) is 9.94. The molecule has 6 heteroatoms. The fourth-order valence-corrected chi connectivity index (χ4v) is 3.54. The third kappa shape index (κ3) is 5.73. The predicted molar refractivity (Wildman–Crippen MR) is 116 cm³/mol. The minimum absolute atomic E-state index is 0.0626. The van der Waals surface area contributed by atoms with Crippen molar-refractivity contribution in [3.8, 4) is 0 Å². The minimum atomic E-state index is -0.694. The van der Waals surface area contributed by atoms with E-state index in [1.807, 2.05) is 60.7 Å². The maximum atomic E-state index is 10.9. The quantitative estimate of drug-likeness (QED) is 0.394. The first kappa shape index (κ1) is 21.6. The van der Waals surface area contributed by atoms with Crippen LogP contribution in [0.15, 0.2) is 84.9 Å². The highest BCUT2D eigenvalue weighted by molar-refractivity contribution is 5.33. The second-order valence-corrected chi connectivity index (χ2v) is 7.20. The summed E-state index contributed by atoms with van der Waals surface area (Å²) in [6, 6.07) is 25.4. The van der Waals surface area contributed by atoms with E-state index in [0.29, 0.717) is 19.5 Å². The monoisotopic (exact) mass is 406 g/mol. The Labute approximate surface area is 176 Å². The van der Waals surface area contributed by atoms with Gasteiger partial charge in [-0.15, -0.1) is 0 Å². The summed E-state index contributed by atoms with van der Waals surface area (Å²) in [5.41, 5.74) is 2.82. The van der Waals surface area contributed by atoms with Crippen molar-refractivity contribution < 1.29 is 15.1 Å². The Bertz CT molecular complexity index is 917. The number of aliphatic hydroxyl groups excluding tert-OH is 2. The summed E-state index contributed by atoms with van der Waals surface area (Å²) >= 11 is 0.